The molecule has 1 heterocycles. The van der Waals surface area contributed by atoms with Gasteiger partial charge in [0.25, 0.3) is 0 Å². The molecule has 2 aromatic rings. The first kappa shape index (κ1) is 17.8. The minimum atomic E-state index is -0.175. The highest BCUT2D eigenvalue weighted by molar-refractivity contribution is 5.92. The summed E-state index contributed by atoms with van der Waals surface area (Å²) in [4.78, 5) is 2.14. The molecule has 1 aromatic heterocycles. The summed E-state index contributed by atoms with van der Waals surface area (Å²) in [6.07, 6.45) is 4.49. The highest BCUT2D eigenvalue weighted by Crippen LogP contribution is 2.36. The summed E-state index contributed by atoms with van der Waals surface area (Å²) in [6.45, 7) is 4.27. The molecule has 0 aliphatic carbocycles. The van der Waals surface area contributed by atoms with Crippen molar-refractivity contribution in [3.05, 3.63) is 29.2 Å². The quantitative estimate of drug-likeness (QED) is 0.813. The topological polar surface area (TPSA) is 43.4 Å². The third-order valence-corrected chi connectivity index (χ3v) is 4.23. The highest BCUT2D eigenvalue weighted by atomic mass is 19.1. The van der Waals surface area contributed by atoms with E-state index in [1.165, 1.54) is 0 Å². The number of nitrogens with zero attached hydrogens (tertiary/aromatic N) is 2. The van der Waals surface area contributed by atoms with Gasteiger partial charge < -0.3 is 19.9 Å². The molecule has 0 saturated heterocycles. The van der Waals surface area contributed by atoms with Crippen LogP contribution in [0.4, 0.5) is 4.39 Å². The molecular weight excluding hydrogens is 293 g/mol. The van der Waals surface area contributed by atoms with Crippen LogP contribution >= 0.6 is 0 Å². The Labute approximate surface area is 138 Å². The van der Waals surface area contributed by atoms with Gasteiger partial charge in [-0.3, -0.25) is 0 Å². The minimum Gasteiger partial charge on any atom is -0.496 e. The maximum atomic E-state index is 14.7. The predicted molar refractivity (Wildman–Crippen MR) is 93.8 cm³/mol. The van der Waals surface area contributed by atoms with Crippen molar-refractivity contribution in [2.75, 3.05) is 34.3 Å². The second-order valence-electron chi connectivity index (χ2n) is 6.16. The van der Waals surface area contributed by atoms with Gasteiger partial charge in [0.15, 0.2) is 0 Å². The summed E-state index contributed by atoms with van der Waals surface area (Å²) in [5.74, 6) is 0.626. The fraction of sp³-hybridized carbons (Fsp3) is 0.556. The van der Waals surface area contributed by atoms with Gasteiger partial charge in [0.05, 0.1) is 12.6 Å². The van der Waals surface area contributed by atoms with Gasteiger partial charge in [-0.15, -0.1) is 0 Å². The monoisotopic (exact) mass is 321 g/mol. The van der Waals surface area contributed by atoms with Crippen LogP contribution in [0.15, 0.2) is 12.3 Å². The fourth-order valence-corrected chi connectivity index (χ4v) is 3.06. The number of nitrogens with two attached hydrogens (primary N) is 1. The van der Waals surface area contributed by atoms with Gasteiger partial charge in [0, 0.05) is 24.7 Å². The number of methoxy groups -OCH3 is 1. The molecule has 0 amide bonds. The Morgan fingerprint density at radius 3 is 2.57 bits per heavy atom. The lowest BCUT2D eigenvalue weighted by Gasteiger charge is -2.13. The van der Waals surface area contributed by atoms with E-state index in [4.69, 9.17) is 10.5 Å². The molecule has 0 aliphatic rings. The second-order valence-corrected chi connectivity index (χ2v) is 6.16. The van der Waals surface area contributed by atoms with E-state index in [2.05, 4.69) is 11.1 Å². The number of likely N-dealkylation sites (N-methyl/N-ethyl adjacent to an activating group) is 1. The first-order valence-corrected chi connectivity index (χ1v) is 8.25. The molecule has 4 nitrogen and oxygen atoms in total. The molecule has 0 bridgehead atoms. The van der Waals surface area contributed by atoms with Crippen LogP contribution in [0.5, 0.6) is 5.75 Å². The molecule has 0 unspecified atom stereocenters. The van der Waals surface area contributed by atoms with Crippen molar-refractivity contribution in [2.45, 2.75) is 32.7 Å². The van der Waals surface area contributed by atoms with Crippen molar-refractivity contribution in [1.82, 2.24) is 9.47 Å². The van der Waals surface area contributed by atoms with E-state index in [1.54, 1.807) is 13.2 Å². The van der Waals surface area contributed by atoms with E-state index in [9.17, 15) is 4.39 Å². The Morgan fingerprint density at radius 2 is 2.00 bits per heavy atom. The molecular formula is C18H28FN3O. The predicted octanol–water partition coefficient (Wildman–Crippen LogP) is 2.80. The lowest BCUT2D eigenvalue weighted by Crippen LogP contribution is -2.15. The lowest BCUT2D eigenvalue weighted by molar-refractivity contribution is 0.409. The summed E-state index contributed by atoms with van der Waals surface area (Å²) in [6, 6.07) is 1.61. The summed E-state index contributed by atoms with van der Waals surface area (Å²) in [5, 5.41) is 0.920. The summed E-state index contributed by atoms with van der Waals surface area (Å²) < 4.78 is 22.4. The zero-order chi connectivity index (χ0) is 17.0. The molecule has 0 saturated carbocycles. The van der Waals surface area contributed by atoms with E-state index in [0.29, 0.717) is 12.1 Å². The van der Waals surface area contributed by atoms with Crippen LogP contribution in [0.1, 0.15) is 24.5 Å². The van der Waals surface area contributed by atoms with Gasteiger partial charge in [0.1, 0.15) is 11.6 Å². The molecule has 0 radical (unpaired) electrons. The summed E-state index contributed by atoms with van der Waals surface area (Å²) in [5.41, 5.74) is 8.30. The fourth-order valence-electron chi connectivity index (χ4n) is 3.06. The number of rotatable bonds is 8. The van der Waals surface area contributed by atoms with Crippen LogP contribution in [0.3, 0.4) is 0 Å². The lowest BCUT2D eigenvalue weighted by atomic mass is 10.0. The van der Waals surface area contributed by atoms with E-state index in [1.807, 2.05) is 25.6 Å². The van der Waals surface area contributed by atoms with Gasteiger partial charge in [-0.05, 0) is 64.0 Å². The molecule has 0 atom stereocenters. The Bertz CT molecular complexity index is 664. The van der Waals surface area contributed by atoms with Gasteiger partial charge in [-0.25, -0.2) is 4.39 Å². The second kappa shape index (κ2) is 7.79. The molecule has 5 heteroatoms. The first-order valence-electron chi connectivity index (χ1n) is 8.25. The van der Waals surface area contributed by atoms with Crippen molar-refractivity contribution < 1.29 is 9.13 Å². The maximum Gasteiger partial charge on any atom is 0.148 e. The zero-order valence-corrected chi connectivity index (χ0v) is 14.7. The summed E-state index contributed by atoms with van der Waals surface area (Å²) >= 11 is 0. The SMILES string of the molecule is CCn1cc(CCN(C)C)c2c(OC)c(CCCN)cc(F)c21. The van der Waals surface area contributed by atoms with E-state index < -0.39 is 0 Å². The standard InChI is InChI=1S/C18H28FN3O/c1-5-22-12-14(8-10-21(2)3)16-17(22)15(19)11-13(7-6-9-20)18(16)23-4/h11-12H,5-10,20H2,1-4H3. The summed E-state index contributed by atoms with van der Waals surface area (Å²) in [7, 11) is 5.75. The van der Waals surface area contributed by atoms with Crippen LogP contribution in [0, 0.1) is 5.82 Å². The normalized spacial score (nSPS) is 11.6. The Hall–Kier alpha value is -1.59. The van der Waals surface area contributed by atoms with E-state index in [-0.39, 0.29) is 5.82 Å². The number of hydrogen-bond donors (Lipinski definition) is 1. The van der Waals surface area contributed by atoms with Crippen molar-refractivity contribution >= 4 is 10.9 Å². The molecule has 128 valence electrons. The number of benzene rings is 1. The van der Waals surface area contributed by atoms with Crippen LogP contribution in [0.25, 0.3) is 10.9 Å². The minimum absolute atomic E-state index is 0.175. The van der Waals surface area contributed by atoms with Crippen LogP contribution in [-0.4, -0.2) is 43.8 Å². The van der Waals surface area contributed by atoms with Gasteiger partial charge in [-0.2, -0.15) is 0 Å². The molecule has 0 fully saturated rings. The van der Waals surface area contributed by atoms with Gasteiger partial charge in [-0.1, -0.05) is 0 Å². The Balaban J connectivity index is 2.63. The third kappa shape index (κ3) is 3.67. The molecule has 2 rings (SSSR count). The number of aromatic nitrogens is 1. The average Bonchev–Trinajstić information content (AvgIpc) is 2.90. The first-order chi connectivity index (χ1) is 11.0. The Kier molecular flexibility index (Phi) is 6.02. The van der Waals surface area contributed by atoms with Crippen LogP contribution in [0.2, 0.25) is 0 Å². The van der Waals surface area contributed by atoms with E-state index in [0.717, 1.165) is 54.6 Å². The molecule has 23 heavy (non-hydrogen) atoms. The van der Waals surface area contributed by atoms with Gasteiger partial charge >= 0.3 is 0 Å². The van der Waals surface area contributed by atoms with Crippen LogP contribution < -0.4 is 10.5 Å². The van der Waals surface area contributed by atoms with Crippen molar-refractivity contribution in [1.29, 1.82) is 0 Å². The van der Waals surface area contributed by atoms with E-state index >= 15 is 0 Å². The highest BCUT2D eigenvalue weighted by Gasteiger charge is 2.20. The Morgan fingerprint density at radius 1 is 1.26 bits per heavy atom. The molecule has 1 aromatic carbocycles. The maximum absolute atomic E-state index is 14.7. The van der Waals surface area contributed by atoms with Gasteiger partial charge in [0.2, 0.25) is 0 Å². The number of ether oxygens (including phenoxy) is 1. The number of halogens is 1. The zero-order valence-electron chi connectivity index (χ0n) is 14.7. The average molecular weight is 321 g/mol. The van der Waals surface area contributed by atoms with Crippen molar-refractivity contribution in [2.24, 2.45) is 5.73 Å². The largest absolute Gasteiger partial charge is 0.496 e. The van der Waals surface area contributed by atoms with Crippen molar-refractivity contribution in [3.8, 4) is 5.75 Å². The molecule has 0 spiro atoms. The third-order valence-electron chi connectivity index (χ3n) is 4.23. The number of fused-ring (bicyclic) bond motifs is 1. The number of hydrogen-bond acceptors (Lipinski definition) is 3. The smallest absolute Gasteiger partial charge is 0.148 e. The number of aryl methyl sites for hydroxylation is 2. The van der Waals surface area contributed by atoms with Crippen molar-refractivity contribution in [3.63, 3.8) is 0 Å². The molecule has 0 aliphatic heterocycles. The molecule has 2 N–H and O–H groups in total. The van der Waals surface area contributed by atoms with Crippen LogP contribution in [-0.2, 0) is 19.4 Å².